The van der Waals surface area contributed by atoms with Crippen molar-refractivity contribution in [3.63, 3.8) is 0 Å². The Labute approximate surface area is 81.9 Å². The van der Waals surface area contributed by atoms with Gasteiger partial charge in [0.15, 0.2) is 0 Å². The number of carbonyl (C=O) groups excluding carboxylic acids is 1. The van der Waals surface area contributed by atoms with Crippen LogP contribution in [0.1, 0.15) is 5.69 Å². The number of aromatic nitrogens is 1. The highest BCUT2D eigenvalue weighted by Gasteiger charge is 2.05. The van der Waals surface area contributed by atoms with Crippen LogP contribution in [0.5, 0.6) is 0 Å². The molecule has 1 aromatic carbocycles. The van der Waals surface area contributed by atoms with Crippen LogP contribution in [0, 0.1) is 0 Å². The van der Waals surface area contributed by atoms with E-state index in [9.17, 15) is 4.79 Å². The predicted octanol–water partition coefficient (Wildman–Crippen LogP) is 1.15. The minimum Gasteiger partial charge on any atom is -0.358 e. The predicted molar refractivity (Wildman–Crippen MR) is 55.7 cm³/mol. The Morgan fingerprint density at radius 1 is 1.43 bits per heavy atom. The lowest BCUT2D eigenvalue weighted by Crippen LogP contribution is -2.24. The van der Waals surface area contributed by atoms with E-state index in [0.29, 0.717) is 6.42 Å². The maximum atomic E-state index is 10.3. The third kappa shape index (κ3) is 1.67. The van der Waals surface area contributed by atoms with Gasteiger partial charge in [-0.25, -0.2) is 0 Å². The highest BCUT2D eigenvalue weighted by Crippen LogP contribution is 2.15. The quantitative estimate of drug-likeness (QED) is 0.757. The van der Waals surface area contributed by atoms with Crippen LogP contribution in [-0.2, 0) is 11.2 Å². The van der Waals surface area contributed by atoms with Crippen LogP contribution < -0.4 is 5.73 Å². The fourth-order valence-electron chi connectivity index (χ4n) is 1.52. The Morgan fingerprint density at radius 3 is 2.93 bits per heavy atom. The highest BCUT2D eigenvalue weighted by atomic mass is 16.1. The van der Waals surface area contributed by atoms with E-state index in [1.165, 1.54) is 0 Å². The van der Waals surface area contributed by atoms with E-state index in [1.807, 2.05) is 30.3 Å². The summed E-state index contributed by atoms with van der Waals surface area (Å²) in [6.07, 6.45) is 2.28. The van der Waals surface area contributed by atoms with Crippen molar-refractivity contribution in [2.24, 2.45) is 5.73 Å². The molecule has 3 nitrogen and oxygen atoms in total. The van der Waals surface area contributed by atoms with Gasteiger partial charge in [0, 0.05) is 17.6 Å². The molecule has 1 atom stereocenters. The van der Waals surface area contributed by atoms with E-state index in [4.69, 9.17) is 5.73 Å². The fourth-order valence-corrected chi connectivity index (χ4v) is 1.52. The number of benzene rings is 1. The van der Waals surface area contributed by atoms with Crippen LogP contribution >= 0.6 is 0 Å². The molecular weight excluding hydrogens is 176 g/mol. The second kappa shape index (κ2) is 3.64. The Kier molecular flexibility index (Phi) is 2.33. The molecule has 0 saturated carbocycles. The summed E-state index contributed by atoms with van der Waals surface area (Å²) in [4.78, 5) is 13.5. The number of rotatable bonds is 3. The molecule has 0 aliphatic heterocycles. The number of fused-ring (bicyclic) bond motifs is 1. The lowest BCUT2D eigenvalue weighted by atomic mass is 10.2. The molecule has 0 bridgehead atoms. The monoisotopic (exact) mass is 187 g/mol. The Hall–Kier alpha value is -1.61. The Bertz CT molecular complexity index is 414. The van der Waals surface area contributed by atoms with Crippen LogP contribution in [0.25, 0.3) is 10.9 Å². The number of para-hydroxylation sites is 1. The van der Waals surface area contributed by atoms with Crippen molar-refractivity contribution in [1.29, 1.82) is 0 Å². The molecule has 14 heavy (non-hydrogen) atoms. The van der Waals surface area contributed by atoms with Crippen LogP contribution in [0.15, 0.2) is 30.3 Å². The Balaban J connectivity index is 2.31. The van der Waals surface area contributed by atoms with Crippen molar-refractivity contribution < 1.29 is 4.79 Å². The first-order valence-corrected chi connectivity index (χ1v) is 4.49. The minimum absolute atomic E-state index is 0.512. The van der Waals surface area contributed by atoms with Gasteiger partial charge in [-0.2, -0.15) is 0 Å². The van der Waals surface area contributed by atoms with Crippen LogP contribution in [-0.4, -0.2) is 17.3 Å². The maximum Gasteiger partial charge on any atom is 0.217 e. The number of aromatic amines is 1. The molecule has 1 radical (unpaired) electrons. The summed E-state index contributed by atoms with van der Waals surface area (Å²) in [5.74, 6) is 0. The van der Waals surface area contributed by atoms with E-state index in [-0.39, 0.29) is 0 Å². The number of hydrogen-bond donors (Lipinski definition) is 2. The topological polar surface area (TPSA) is 58.9 Å². The maximum absolute atomic E-state index is 10.3. The zero-order valence-corrected chi connectivity index (χ0v) is 7.66. The van der Waals surface area contributed by atoms with Crippen LogP contribution in [0.4, 0.5) is 0 Å². The zero-order chi connectivity index (χ0) is 9.97. The van der Waals surface area contributed by atoms with Crippen molar-refractivity contribution in [3.05, 3.63) is 36.0 Å². The van der Waals surface area contributed by atoms with Gasteiger partial charge in [0.25, 0.3) is 0 Å². The van der Waals surface area contributed by atoms with Crippen molar-refractivity contribution in [1.82, 2.24) is 4.98 Å². The van der Waals surface area contributed by atoms with Gasteiger partial charge in [0.1, 0.15) is 0 Å². The summed E-state index contributed by atoms with van der Waals surface area (Å²) >= 11 is 0. The van der Waals surface area contributed by atoms with Gasteiger partial charge in [-0.05, 0) is 17.5 Å². The molecule has 0 aliphatic rings. The van der Waals surface area contributed by atoms with Crippen molar-refractivity contribution in [2.75, 3.05) is 0 Å². The molecule has 3 heteroatoms. The van der Waals surface area contributed by atoms with Gasteiger partial charge in [0.2, 0.25) is 6.29 Å². The minimum atomic E-state index is -0.539. The van der Waals surface area contributed by atoms with Gasteiger partial charge in [-0.3, -0.25) is 4.79 Å². The van der Waals surface area contributed by atoms with Crippen molar-refractivity contribution >= 4 is 17.2 Å². The summed E-state index contributed by atoms with van der Waals surface area (Å²) in [5.41, 5.74) is 7.53. The summed E-state index contributed by atoms with van der Waals surface area (Å²) in [7, 11) is 0. The normalized spacial score (nSPS) is 12.9. The number of nitrogens with one attached hydrogen (secondary N) is 1. The van der Waals surface area contributed by atoms with Gasteiger partial charge >= 0.3 is 0 Å². The average Bonchev–Trinajstić information content (AvgIpc) is 2.59. The highest BCUT2D eigenvalue weighted by molar-refractivity contribution is 5.80. The largest absolute Gasteiger partial charge is 0.358 e. The standard InChI is InChI=1S/C11H11N2O/c12-9(7-14)6-10-5-8-3-1-2-4-11(8)13-10/h1-5,9,13H,6,12H2. The van der Waals surface area contributed by atoms with Crippen LogP contribution in [0.2, 0.25) is 0 Å². The van der Waals surface area contributed by atoms with E-state index in [1.54, 1.807) is 6.29 Å². The first-order chi connectivity index (χ1) is 6.79. The number of H-pyrrole nitrogens is 1. The first kappa shape index (κ1) is 8.97. The fraction of sp³-hybridized carbons (Fsp3) is 0.182. The number of nitrogens with two attached hydrogens (primary N) is 1. The molecule has 1 aromatic heterocycles. The third-order valence-electron chi connectivity index (χ3n) is 2.18. The summed E-state index contributed by atoms with van der Waals surface area (Å²) < 4.78 is 0. The third-order valence-corrected chi connectivity index (χ3v) is 2.18. The second-order valence-corrected chi connectivity index (χ2v) is 3.31. The van der Waals surface area contributed by atoms with E-state index >= 15 is 0 Å². The summed E-state index contributed by atoms with van der Waals surface area (Å²) in [6.45, 7) is 0. The van der Waals surface area contributed by atoms with Gasteiger partial charge in [-0.1, -0.05) is 18.2 Å². The van der Waals surface area contributed by atoms with E-state index in [0.717, 1.165) is 16.6 Å². The van der Waals surface area contributed by atoms with Crippen LogP contribution in [0.3, 0.4) is 0 Å². The smallest absolute Gasteiger partial charge is 0.217 e. The molecular formula is C11H11N2O. The number of hydrogen-bond acceptors (Lipinski definition) is 2. The molecule has 0 saturated heterocycles. The molecule has 0 fully saturated rings. The van der Waals surface area contributed by atoms with E-state index in [2.05, 4.69) is 4.98 Å². The molecule has 1 unspecified atom stereocenters. The van der Waals surface area contributed by atoms with Gasteiger partial charge in [-0.15, -0.1) is 0 Å². The molecule has 0 spiro atoms. The molecule has 0 amide bonds. The van der Waals surface area contributed by atoms with E-state index < -0.39 is 6.04 Å². The molecule has 2 rings (SSSR count). The lowest BCUT2D eigenvalue weighted by Gasteiger charge is -1.98. The lowest BCUT2D eigenvalue weighted by molar-refractivity contribution is 0.540. The summed E-state index contributed by atoms with van der Waals surface area (Å²) in [6, 6.07) is 9.43. The van der Waals surface area contributed by atoms with Crippen molar-refractivity contribution in [2.45, 2.75) is 12.5 Å². The molecule has 3 N–H and O–H groups in total. The Morgan fingerprint density at radius 2 is 2.21 bits per heavy atom. The summed E-state index contributed by atoms with van der Waals surface area (Å²) in [5, 5.41) is 1.14. The SMILES string of the molecule is NC([C]=O)Cc1cc2ccccc2[nH]1. The van der Waals surface area contributed by atoms with Gasteiger partial charge in [0.05, 0.1) is 6.04 Å². The van der Waals surface area contributed by atoms with Crippen molar-refractivity contribution in [3.8, 4) is 0 Å². The molecule has 0 aliphatic carbocycles. The average molecular weight is 187 g/mol. The molecule has 1 heterocycles. The molecule has 71 valence electrons. The zero-order valence-electron chi connectivity index (χ0n) is 7.66. The second-order valence-electron chi connectivity index (χ2n) is 3.31. The van der Waals surface area contributed by atoms with Gasteiger partial charge < -0.3 is 10.7 Å². The first-order valence-electron chi connectivity index (χ1n) is 4.49. The molecule has 2 aromatic rings.